The molecule has 0 radical (unpaired) electrons. The van der Waals surface area contributed by atoms with E-state index in [0.717, 1.165) is 89.0 Å². The van der Waals surface area contributed by atoms with E-state index in [1.165, 1.54) is 100 Å². The topological polar surface area (TPSA) is 128 Å². The third kappa shape index (κ3) is 9.58. The van der Waals surface area contributed by atoms with E-state index in [0.29, 0.717) is 0 Å². The molecule has 0 spiro atoms. The molecule has 9 aliphatic rings. The van der Waals surface area contributed by atoms with E-state index in [4.69, 9.17) is 9.98 Å². The maximum absolute atomic E-state index is 14.5. The van der Waals surface area contributed by atoms with Crippen LogP contribution in [0.5, 0.6) is 11.5 Å². The van der Waals surface area contributed by atoms with Gasteiger partial charge in [-0.2, -0.15) is 0 Å². The monoisotopic (exact) mass is 930 g/mol. The Bertz CT molecular complexity index is 2170. The van der Waals surface area contributed by atoms with Gasteiger partial charge in [-0.1, -0.05) is 108 Å². The summed E-state index contributed by atoms with van der Waals surface area (Å²) in [6.07, 6.45) is 23.5. The van der Waals surface area contributed by atoms with E-state index < -0.39 is 10.1 Å². The van der Waals surface area contributed by atoms with Gasteiger partial charge in [0.05, 0.1) is 17.0 Å². The van der Waals surface area contributed by atoms with E-state index in [-0.39, 0.29) is 66.9 Å². The van der Waals surface area contributed by atoms with E-state index >= 15 is 0 Å². The fourth-order valence-corrected chi connectivity index (χ4v) is 15.0. The quantitative estimate of drug-likeness (QED) is 0.172. The van der Waals surface area contributed by atoms with Crippen molar-refractivity contribution in [3.05, 3.63) is 87.5 Å². The second kappa shape index (κ2) is 17.6. The van der Waals surface area contributed by atoms with Crippen molar-refractivity contribution < 1.29 is 40.0 Å². The molecule has 0 unspecified atom stereocenters. The third-order valence-electron chi connectivity index (χ3n) is 17.0. The van der Waals surface area contributed by atoms with Crippen molar-refractivity contribution in [2.75, 3.05) is 0 Å². The molecular formula is C55H71CoN2O5S. The molecular weight excluding hydrogens is 860 g/mol. The zero-order chi connectivity index (χ0) is 44.7. The summed E-state index contributed by atoms with van der Waals surface area (Å²) in [6.45, 7) is 15.5. The van der Waals surface area contributed by atoms with Gasteiger partial charge in [0.25, 0.3) is 0 Å². The molecule has 0 heterocycles. The Morgan fingerprint density at radius 3 is 1.20 bits per heavy atom. The van der Waals surface area contributed by atoms with E-state index in [9.17, 15) is 23.2 Å². The molecule has 2 atom stereocenters. The summed E-state index contributed by atoms with van der Waals surface area (Å²) in [5.41, 5.74) is 7.19. The first-order chi connectivity index (χ1) is 29.7. The van der Waals surface area contributed by atoms with Crippen molar-refractivity contribution in [2.45, 2.75) is 190 Å². The Morgan fingerprint density at radius 2 is 0.906 bits per heavy atom. The Labute approximate surface area is 394 Å². The SMILES string of the molecule is CC(C)(C)c1cc(C=N[C@@H]2CCCC[C@H]2N=Cc2cc(C(C)(C)C)cc(C34CC5CC(CC(C5)C3)C4)c2[O-])c([O-])c(C23CC4CC(CC(C4)C2)C3)c1.Cc1ccc(S(=O)(=O)[O-])cc1.[Co+3]. The minimum absolute atomic E-state index is 0. The van der Waals surface area contributed by atoms with Crippen LogP contribution >= 0.6 is 0 Å². The third-order valence-corrected chi connectivity index (χ3v) is 17.8. The summed E-state index contributed by atoms with van der Waals surface area (Å²) < 4.78 is 31.2. The summed E-state index contributed by atoms with van der Waals surface area (Å²) in [7, 11) is -4.27. The van der Waals surface area contributed by atoms with Gasteiger partial charge in [0, 0.05) is 12.4 Å². The zero-order valence-electron chi connectivity index (χ0n) is 39.4. The van der Waals surface area contributed by atoms with Crippen LogP contribution in [-0.2, 0) is 48.6 Å². The van der Waals surface area contributed by atoms with Gasteiger partial charge < -0.3 is 14.8 Å². The number of hydrogen-bond acceptors (Lipinski definition) is 7. The van der Waals surface area contributed by atoms with Crippen LogP contribution in [-0.4, -0.2) is 37.5 Å². The first kappa shape index (κ1) is 47.5. The summed E-state index contributed by atoms with van der Waals surface area (Å²) in [4.78, 5) is 10.3. The molecule has 3 aromatic rings. The van der Waals surface area contributed by atoms with Crippen molar-refractivity contribution in [1.29, 1.82) is 0 Å². The molecule has 8 bridgehead atoms. The Hall–Kier alpha value is -2.98. The number of aryl methyl sites for hydroxylation is 1. The Morgan fingerprint density at radius 1 is 0.578 bits per heavy atom. The molecule has 9 heteroatoms. The summed E-state index contributed by atoms with van der Waals surface area (Å²) in [5, 5.41) is 29.0. The summed E-state index contributed by atoms with van der Waals surface area (Å²) >= 11 is 0. The molecule has 64 heavy (non-hydrogen) atoms. The molecule has 9 aliphatic carbocycles. The van der Waals surface area contributed by atoms with Crippen molar-refractivity contribution in [3.8, 4) is 11.5 Å². The van der Waals surface area contributed by atoms with Crippen LogP contribution in [0.25, 0.3) is 0 Å². The van der Waals surface area contributed by atoms with E-state index in [2.05, 4.69) is 65.8 Å². The molecule has 346 valence electrons. The molecule has 0 amide bonds. The van der Waals surface area contributed by atoms with Crippen molar-refractivity contribution in [2.24, 2.45) is 45.5 Å². The predicted molar refractivity (Wildman–Crippen MR) is 249 cm³/mol. The maximum atomic E-state index is 14.5. The van der Waals surface area contributed by atoms with E-state index in [1.807, 2.05) is 19.4 Å². The molecule has 9 saturated carbocycles. The predicted octanol–water partition coefficient (Wildman–Crippen LogP) is 11.1. The van der Waals surface area contributed by atoms with Crippen LogP contribution < -0.4 is 10.2 Å². The van der Waals surface area contributed by atoms with Crippen molar-refractivity contribution >= 4 is 22.5 Å². The van der Waals surface area contributed by atoms with Crippen molar-refractivity contribution in [3.63, 3.8) is 0 Å². The number of aliphatic imine (C=N–C) groups is 2. The van der Waals surface area contributed by atoms with Gasteiger partial charge in [0.15, 0.2) is 0 Å². The average Bonchev–Trinajstić information content (AvgIpc) is 3.18. The first-order valence-electron chi connectivity index (χ1n) is 24.5. The molecule has 0 N–H and O–H groups in total. The van der Waals surface area contributed by atoms with Crippen molar-refractivity contribution in [1.82, 2.24) is 0 Å². The smallest absolute Gasteiger partial charge is 0.872 e. The Kier molecular flexibility index (Phi) is 13.1. The number of nitrogens with zero attached hydrogens (tertiary/aromatic N) is 2. The zero-order valence-corrected chi connectivity index (χ0v) is 41.2. The molecule has 0 aliphatic heterocycles. The van der Waals surface area contributed by atoms with Gasteiger partial charge in [-0.3, -0.25) is 9.98 Å². The first-order valence-corrected chi connectivity index (χ1v) is 25.9. The van der Waals surface area contributed by atoms with Crippen LogP contribution in [0.3, 0.4) is 0 Å². The second-order valence-electron chi connectivity index (χ2n) is 24.0. The minimum Gasteiger partial charge on any atom is -0.872 e. The van der Waals surface area contributed by atoms with Gasteiger partial charge in [0.1, 0.15) is 10.1 Å². The van der Waals surface area contributed by atoms with Crippen LogP contribution in [0, 0.1) is 42.4 Å². The standard InChI is InChI=1S/C48H66N2O2.C7H8O3S.Co/c1-45(2,3)37-17-35(43(51)39(19-37)47-21-29-11-30(22-47)13-31(12-29)23-47)27-49-41-9-7-8-10-42(41)50-28-36-18-38(46(4,5)6)20-40(44(36)52)48-24-32-14-33(25-48)16-34(15-32)26-48;1-6-2-4-7(5-3-6)11(8,9)10;/h17-20,27-34,41-42,51-52H,7-16,21-26H2,1-6H3;2-5H,1H3,(H,8,9,10);/q;;+3/p-3/t29?,30?,31?,32?,33?,34?,41-,42-,47?,48?;;/m1../s1. The van der Waals surface area contributed by atoms with Crippen LogP contribution in [0.1, 0.15) is 183 Å². The normalized spacial score (nSPS) is 33.1. The maximum Gasteiger partial charge on any atom is 3.00 e. The van der Waals surface area contributed by atoms with Crippen LogP contribution in [0.4, 0.5) is 0 Å². The van der Waals surface area contributed by atoms with Crippen LogP contribution in [0.2, 0.25) is 0 Å². The van der Waals surface area contributed by atoms with E-state index in [1.54, 1.807) is 12.1 Å². The second-order valence-corrected chi connectivity index (χ2v) is 25.4. The molecule has 7 nitrogen and oxygen atoms in total. The Balaban J connectivity index is 0.000000411. The minimum atomic E-state index is -4.27. The molecule has 12 rings (SSSR count). The molecule has 0 aromatic heterocycles. The van der Waals surface area contributed by atoms with Gasteiger partial charge >= 0.3 is 16.8 Å². The number of hydrogen-bond donors (Lipinski definition) is 0. The average molecular weight is 931 g/mol. The summed E-state index contributed by atoms with van der Waals surface area (Å²) in [5.74, 6) is 5.22. The molecule has 0 saturated heterocycles. The van der Waals surface area contributed by atoms with Gasteiger partial charge in [-0.25, -0.2) is 8.42 Å². The summed E-state index contributed by atoms with van der Waals surface area (Å²) in [6, 6.07) is 14.7. The molecule has 9 fully saturated rings. The van der Waals surface area contributed by atoms with Gasteiger partial charge in [0.2, 0.25) is 0 Å². The molecule has 3 aromatic carbocycles. The largest absolute Gasteiger partial charge is 3.00 e. The van der Waals surface area contributed by atoms with Gasteiger partial charge in [-0.15, -0.1) is 0 Å². The fraction of sp³-hybridized carbons (Fsp3) is 0.636. The number of rotatable bonds is 7. The fourth-order valence-electron chi connectivity index (χ4n) is 14.5. The number of benzene rings is 3. The van der Waals surface area contributed by atoms with Crippen LogP contribution in [0.15, 0.2) is 63.4 Å². The van der Waals surface area contributed by atoms with Gasteiger partial charge in [-0.05, 0) is 199 Å².